The second-order valence-corrected chi connectivity index (χ2v) is 7.31. The maximum absolute atomic E-state index is 12.8. The summed E-state index contributed by atoms with van der Waals surface area (Å²) in [6, 6.07) is 11.3. The van der Waals surface area contributed by atoms with E-state index in [1.807, 2.05) is 6.92 Å². The van der Waals surface area contributed by atoms with Crippen molar-refractivity contribution in [2.24, 2.45) is 0 Å². The van der Waals surface area contributed by atoms with E-state index in [0.717, 1.165) is 6.42 Å². The van der Waals surface area contributed by atoms with Crippen LogP contribution in [-0.4, -0.2) is 37.6 Å². The number of hydrogen-bond donors (Lipinski definition) is 2. The molecule has 0 aliphatic heterocycles. The van der Waals surface area contributed by atoms with Gasteiger partial charge in [-0.3, -0.25) is 14.6 Å². The van der Waals surface area contributed by atoms with E-state index in [1.54, 1.807) is 42.6 Å². The molecule has 33 heavy (non-hydrogen) atoms. The van der Waals surface area contributed by atoms with Crippen molar-refractivity contribution in [1.82, 2.24) is 4.98 Å². The molecule has 0 unspecified atom stereocenters. The Bertz CT molecular complexity index is 1140. The standard InChI is InChI=1S/C24H24ClN3O5/c1-4-10-33-22-18(25)11-16(12-21(22)32-3)24(30)27-17-7-8-19(20(13-17)31-2)28-23(29)15-6-5-9-26-14-15/h5-9,11-14H,4,10H2,1-3H3,(H,27,30)(H,28,29). The second-order valence-electron chi connectivity index (χ2n) is 6.90. The summed E-state index contributed by atoms with van der Waals surface area (Å²) in [4.78, 5) is 29.2. The summed E-state index contributed by atoms with van der Waals surface area (Å²) >= 11 is 6.31. The van der Waals surface area contributed by atoms with E-state index in [9.17, 15) is 9.59 Å². The highest BCUT2D eigenvalue weighted by atomic mass is 35.5. The van der Waals surface area contributed by atoms with Crippen LogP contribution in [0.3, 0.4) is 0 Å². The number of benzene rings is 2. The van der Waals surface area contributed by atoms with Crippen molar-refractivity contribution in [3.8, 4) is 17.2 Å². The molecule has 8 nitrogen and oxygen atoms in total. The predicted octanol–water partition coefficient (Wildman–Crippen LogP) is 5.05. The summed E-state index contributed by atoms with van der Waals surface area (Å²) in [5.41, 5.74) is 1.63. The number of carbonyl (C=O) groups is 2. The fraction of sp³-hybridized carbons (Fsp3) is 0.208. The normalized spacial score (nSPS) is 10.3. The maximum atomic E-state index is 12.8. The van der Waals surface area contributed by atoms with Crippen LogP contribution >= 0.6 is 11.6 Å². The maximum Gasteiger partial charge on any atom is 0.257 e. The quantitative estimate of drug-likeness (QED) is 0.455. The fourth-order valence-corrected chi connectivity index (χ4v) is 3.23. The van der Waals surface area contributed by atoms with E-state index in [2.05, 4.69) is 15.6 Å². The number of nitrogens with zero attached hydrogens (tertiary/aromatic N) is 1. The van der Waals surface area contributed by atoms with Gasteiger partial charge in [0, 0.05) is 29.7 Å². The lowest BCUT2D eigenvalue weighted by molar-refractivity contribution is 0.101. The van der Waals surface area contributed by atoms with Crippen LogP contribution in [-0.2, 0) is 0 Å². The third-order valence-electron chi connectivity index (χ3n) is 4.57. The number of rotatable bonds is 9. The Morgan fingerprint density at radius 2 is 1.73 bits per heavy atom. The first-order valence-electron chi connectivity index (χ1n) is 10.2. The van der Waals surface area contributed by atoms with Gasteiger partial charge >= 0.3 is 0 Å². The lowest BCUT2D eigenvalue weighted by Crippen LogP contribution is -2.14. The lowest BCUT2D eigenvalue weighted by atomic mass is 10.1. The van der Waals surface area contributed by atoms with Gasteiger partial charge in [-0.2, -0.15) is 0 Å². The summed E-state index contributed by atoms with van der Waals surface area (Å²) in [5, 5.41) is 5.84. The Kier molecular flexibility index (Phi) is 8.10. The number of pyridine rings is 1. The summed E-state index contributed by atoms with van der Waals surface area (Å²) in [6.07, 6.45) is 3.86. The van der Waals surface area contributed by atoms with Crippen LogP contribution < -0.4 is 24.8 Å². The van der Waals surface area contributed by atoms with E-state index in [0.29, 0.717) is 46.4 Å². The average molecular weight is 470 g/mol. The average Bonchev–Trinajstić information content (AvgIpc) is 2.84. The fourth-order valence-electron chi connectivity index (χ4n) is 2.96. The Morgan fingerprint density at radius 3 is 2.39 bits per heavy atom. The molecule has 0 atom stereocenters. The molecule has 0 saturated carbocycles. The summed E-state index contributed by atoms with van der Waals surface area (Å²) in [5.74, 6) is 0.417. The largest absolute Gasteiger partial charge is 0.494 e. The predicted molar refractivity (Wildman–Crippen MR) is 127 cm³/mol. The molecule has 0 bridgehead atoms. The van der Waals surface area contributed by atoms with Crippen LogP contribution in [0.1, 0.15) is 34.1 Å². The van der Waals surface area contributed by atoms with Gasteiger partial charge in [0.15, 0.2) is 11.5 Å². The van der Waals surface area contributed by atoms with E-state index in [-0.39, 0.29) is 10.9 Å². The number of aromatic nitrogens is 1. The molecule has 0 radical (unpaired) electrons. The number of methoxy groups -OCH3 is 2. The molecule has 3 rings (SSSR count). The van der Waals surface area contributed by atoms with Crippen molar-refractivity contribution in [2.45, 2.75) is 13.3 Å². The van der Waals surface area contributed by atoms with E-state index in [1.165, 1.54) is 26.5 Å². The molecule has 0 saturated heterocycles. The molecule has 0 spiro atoms. The third kappa shape index (κ3) is 5.93. The molecule has 9 heteroatoms. The van der Waals surface area contributed by atoms with Crippen molar-refractivity contribution < 1.29 is 23.8 Å². The van der Waals surface area contributed by atoms with Crippen LogP contribution in [0, 0.1) is 0 Å². The van der Waals surface area contributed by atoms with Gasteiger partial charge in [-0.25, -0.2) is 0 Å². The number of halogens is 1. The smallest absolute Gasteiger partial charge is 0.257 e. The Balaban J connectivity index is 1.77. The molecular weight excluding hydrogens is 446 g/mol. The minimum absolute atomic E-state index is 0.277. The minimum Gasteiger partial charge on any atom is -0.494 e. The zero-order chi connectivity index (χ0) is 23.8. The molecule has 0 aliphatic carbocycles. The summed E-state index contributed by atoms with van der Waals surface area (Å²) in [7, 11) is 2.95. The second kappa shape index (κ2) is 11.2. The highest BCUT2D eigenvalue weighted by Gasteiger charge is 2.17. The van der Waals surface area contributed by atoms with Crippen molar-refractivity contribution in [3.05, 3.63) is 71.0 Å². The highest BCUT2D eigenvalue weighted by Crippen LogP contribution is 2.37. The first-order valence-corrected chi connectivity index (χ1v) is 10.6. The van der Waals surface area contributed by atoms with Gasteiger partial charge in [-0.1, -0.05) is 18.5 Å². The first kappa shape index (κ1) is 23.9. The molecule has 2 aromatic carbocycles. The number of hydrogen-bond acceptors (Lipinski definition) is 6. The van der Waals surface area contributed by atoms with Gasteiger partial charge in [0.2, 0.25) is 0 Å². The van der Waals surface area contributed by atoms with Crippen LogP contribution in [0.25, 0.3) is 0 Å². The Hall–Kier alpha value is -3.78. The van der Waals surface area contributed by atoms with Gasteiger partial charge in [0.1, 0.15) is 5.75 Å². The van der Waals surface area contributed by atoms with Gasteiger partial charge in [0.05, 0.1) is 37.1 Å². The number of anilines is 2. The van der Waals surface area contributed by atoms with Gasteiger partial charge < -0.3 is 24.8 Å². The van der Waals surface area contributed by atoms with Crippen molar-refractivity contribution in [3.63, 3.8) is 0 Å². The van der Waals surface area contributed by atoms with E-state index < -0.39 is 5.91 Å². The Labute approximate surface area is 196 Å². The van der Waals surface area contributed by atoms with Crippen LogP contribution in [0.4, 0.5) is 11.4 Å². The number of carbonyl (C=O) groups excluding carboxylic acids is 2. The molecule has 0 fully saturated rings. The molecule has 3 aromatic rings. The van der Waals surface area contributed by atoms with E-state index in [4.69, 9.17) is 25.8 Å². The van der Waals surface area contributed by atoms with Gasteiger partial charge in [-0.05, 0) is 42.8 Å². The molecule has 1 heterocycles. The van der Waals surface area contributed by atoms with Crippen molar-refractivity contribution >= 4 is 34.8 Å². The van der Waals surface area contributed by atoms with Crippen molar-refractivity contribution in [1.29, 1.82) is 0 Å². The number of nitrogens with one attached hydrogen (secondary N) is 2. The highest BCUT2D eigenvalue weighted by molar-refractivity contribution is 6.32. The zero-order valence-corrected chi connectivity index (χ0v) is 19.2. The van der Waals surface area contributed by atoms with Gasteiger partial charge in [0.25, 0.3) is 11.8 Å². The Morgan fingerprint density at radius 1 is 0.970 bits per heavy atom. The number of ether oxygens (including phenoxy) is 3. The molecular formula is C24H24ClN3O5. The molecule has 172 valence electrons. The lowest BCUT2D eigenvalue weighted by Gasteiger charge is -2.15. The van der Waals surface area contributed by atoms with Crippen LogP contribution in [0.2, 0.25) is 5.02 Å². The van der Waals surface area contributed by atoms with Gasteiger partial charge in [-0.15, -0.1) is 0 Å². The summed E-state index contributed by atoms with van der Waals surface area (Å²) < 4.78 is 16.3. The minimum atomic E-state index is -0.397. The number of amides is 2. The van der Waals surface area contributed by atoms with Crippen LogP contribution in [0.5, 0.6) is 17.2 Å². The van der Waals surface area contributed by atoms with E-state index >= 15 is 0 Å². The molecule has 2 amide bonds. The third-order valence-corrected chi connectivity index (χ3v) is 4.85. The molecule has 1 aromatic heterocycles. The summed E-state index contributed by atoms with van der Waals surface area (Å²) in [6.45, 7) is 2.46. The topological polar surface area (TPSA) is 98.8 Å². The van der Waals surface area contributed by atoms with Crippen LogP contribution in [0.15, 0.2) is 54.9 Å². The first-order chi connectivity index (χ1) is 16.0. The SMILES string of the molecule is CCCOc1c(Cl)cc(C(=O)Nc2ccc(NC(=O)c3cccnc3)c(OC)c2)cc1OC. The zero-order valence-electron chi connectivity index (χ0n) is 18.5. The molecule has 0 aliphatic rings. The van der Waals surface area contributed by atoms with Crippen molar-refractivity contribution in [2.75, 3.05) is 31.5 Å². The monoisotopic (exact) mass is 469 g/mol. The molecule has 2 N–H and O–H groups in total.